The molecule has 3 unspecified atom stereocenters. The van der Waals surface area contributed by atoms with Crippen LogP contribution in [-0.2, 0) is 22.9 Å². The van der Waals surface area contributed by atoms with Crippen LogP contribution in [0.5, 0.6) is 5.75 Å². The lowest BCUT2D eigenvalue weighted by molar-refractivity contribution is 0.302. The van der Waals surface area contributed by atoms with Crippen molar-refractivity contribution < 1.29 is 21.9 Å². The highest BCUT2D eigenvalue weighted by molar-refractivity contribution is 7.89. The number of fused-ring (bicyclic) bond motifs is 1. The van der Waals surface area contributed by atoms with E-state index in [0.717, 1.165) is 37.3 Å². The lowest BCUT2D eigenvalue weighted by Gasteiger charge is -2.34. The minimum absolute atomic E-state index is 0. The van der Waals surface area contributed by atoms with E-state index in [1.807, 2.05) is 25.2 Å². The molecule has 2 aromatic rings. The summed E-state index contributed by atoms with van der Waals surface area (Å²) in [7, 11) is -1.68. The maximum absolute atomic E-state index is 13.7. The number of aryl methyl sites for hydroxylation is 1. The first-order valence-corrected chi connectivity index (χ1v) is 12.7. The van der Waals surface area contributed by atoms with Gasteiger partial charge in [0, 0.05) is 18.0 Å². The number of ether oxygens (including phenoxy) is 1. The lowest BCUT2D eigenvalue weighted by Crippen LogP contribution is -2.37. The quantitative estimate of drug-likeness (QED) is 0.543. The Morgan fingerprint density at radius 3 is 2.42 bits per heavy atom. The zero-order valence-electron chi connectivity index (χ0n) is 18.6. The summed E-state index contributed by atoms with van der Waals surface area (Å²) in [6, 6.07) is 9.75. The monoisotopic (exact) mass is 500 g/mol. The van der Waals surface area contributed by atoms with Crippen LogP contribution in [0.15, 0.2) is 36.4 Å². The first kappa shape index (κ1) is 25.9. The Labute approximate surface area is 200 Å². The first-order valence-electron chi connectivity index (χ1n) is 11.1. The van der Waals surface area contributed by atoms with Crippen LogP contribution in [0.3, 0.4) is 0 Å². The molecule has 0 saturated heterocycles. The molecular formula is C24H31ClF2N2O3S. The zero-order chi connectivity index (χ0) is 22.9. The molecular weight excluding hydrogens is 470 g/mol. The van der Waals surface area contributed by atoms with Crippen molar-refractivity contribution in [2.45, 2.75) is 55.7 Å². The Kier molecular flexibility index (Phi) is 8.37. The van der Waals surface area contributed by atoms with Crippen LogP contribution >= 0.6 is 12.4 Å². The van der Waals surface area contributed by atoms with E-state index in [-0.39, 0.29) is 36.9 Å². The van der Waals surface area contributed by atoms with E-state index in [0.29, 0.717) is 24.2 Å². The fraction of sp³-hybridized carbons (Fsp3) is 0.500. The van der Waals surface area contributed by atoms with E-state index < -0.39 is 26.9 Å². The molecule has 0 bridgehead atoms. The van der Waals surface area contributed by atoms with Gasteiger partial charge < -0.3 is 10.1 Å². The SMILES string of the molecule is CNC1CCc2ccc(OCCC(C3CC3)S(N)(=O)=O)cc2C1Cc1cc(F)cc(F)c1.Cl. The number of nitrogens with one attached hydrogen (secondary N) is 1. The van der Waals surface area contributed by atoms with Crippen molar-refractivity contribution >= 4 is 22.4 Å². The van der Waals surface area contributed by atoms with Crippen molar-refractivity contribution in [3.05, 3.63) is 64.7 Å². The van der Waals surface area contributed by atoms with Gasteiger partial charge in [-0.3, -0.25) is 0 Å². The number of hydrogen-bond donors (Lipinski definition) is 2. The van der Waals surface area contributed by atoms with Crippen LogP contribution in [0.1, 0.15) is 48.3 Å². The fourth-order valence-electron chi connectivity index (χ4n) is 4.97. The molecule has 0 heterocycles. The van der Waals surface area contributed by atoms with Gasteiger partial charge in [-0.05, 0) is 92.4 Å². The number of benzene rings is 2. The van der Waals surface area contributed by atoms with E-state index in [1.54, 1.807) is 0 Å². The second-order valence-corrected chi connectivity index (χ2v) is 10.8. The van der Waals surface area contributed by atoms with Gasteiger partial charge in [0.15, 0.2) is 0 Å². The smallest absolute Gasteiger partial charge is 0.212 e. The molecule has 5 nitrogen and oxygen atoms in total. The molecule has 0 spiro atoms. The second kappa shape index (κ2) is 10.7. The predicted octanol–water partition coefficient (Wildman–Crippen LogP) is 4.08. The maximum Gasteiger partial charge on any atom is 0.212 e. The molecule has 4 rings (SSSR count). The number of primary sulfonamides is 1. The molecule has 33 heavy (non-hydrogen) atoms. The highest BCUT2D eigenvalue weighted by atomic mass is 35.5. The van der Waals surface area contributed by atoms with Gasteiger partial charge in [-0.1, -0.05) is 6.07 Å². The molecule has 0 aromatic heterocycles. The first-order chi connectivity index (χ1) is 15.2. The van der Waals surface area contributed by atoms with Crippen molar-refractivity contribution in [2.24, 2.45) is 11.1 Å². The van der Waals surface area contributed by atoms with Crippen LogP contribution in [0.25, 0.3) is 0 Å². The summed E-state index contributed by atoms with van der Waals surface area (Å²) < 4.78 is 57.1. The third-order valence-electron chi connectivity index (χ3n) is 6.72. The number of sulfonamides is 1. The second-order valence-electron chi connectivity index (χ2n) is 8.98. The van der Waals surface area contributed by atoms with Gasteiger partial charge >= 0.3 is 0 Å². The third-order valence-corrected chi connectivity index (χ3v) is 8.18. The minimum Gasteiger partial charge on any atom is -0.494 e. The Morgan fingerprint density at radius 2 is 1.82 bits per heavy atom. The molecule has 182 valence electrons. The molecule has 2 aliphatic rings. The third kappa shape index (κ3) is 6.44. The van der Waals surface area contributed by atoms with Gasteiger partial charge in [0.1, 0.15) is 17.4 Å². The van der Waals surface area contributed by atoms with E-state index in [4.69, 9.17) is 9.88 Å². The molecule has 0 amide bonds. The van der Waals surface area contributed by atoms with Gasteiger partial charge in [-0.25, -0.2) is 22.3 Å². The number of rotatable bonds is 9. The van der Waals surface area contributed by atoms with Crippen LogP contribution in [0.2, 0.25) is 0 Å². The van der Waals surface area contributed by atoms with Gasteiger partial charge in [0.05, 0.1) is 11.9 Å². The largest absolute Gasteiger partial charge is 0.494 e. The Morgan fingerprint density at radius 1 is 1.12 bits per heavy atom. The van der Waals surface area contributed by atoms with Crippen LogP contribution in [0, 0.1) is 17.6 Å². The molecule has 9 heteroatoms. The zero-order valence-corrected chi connectivity index (χ0v) is 20.2. The van der Waals surface area contributed by atoms with Crippen LogP contribution in [0.4, 0.5) is 8.78 Å². The average molecular weight is 501 g/mol. The Bertz CT molecular complexity index is 1060. The van der Waals surface area contributed by atoms with E-state index >= 15 is 0 Å². The van der Waals surface area contributed by atoms with Crippen molar-refractivity contribution in [1.29, 1.82) is 0 Å². The lowest BCUT2D eigenvalue weighted by atomic mass is 9.76. The fourth-order valence-corrected chi connectivity index (χ4v) is 6.21. The maximum atomic E-state index is 13.7. The predicted molar refractivity (Wildman–Crippen MR) is 127 cm³/mol. The summed E-state index contributed by atoms with van der Waals surface area (Å²) in [4.78, 5) is 0. The van der Waals surface area contributed by atoms with Crippen LogP contribution < -0.4 is 15.2 Å². The standard InChI is InChI=1S/C24H30F2N2O3S.ClH/c1-28-23-7-5-16-4-6-20(31-9-8-24(17-2-3-17)32(27,29)30)14-21(16)22(23)12-15-10-18(25)13-19(26)11-15;/h4,6,10-11,13-14,17,22-24,28H,2-3,5,7-9,12H2,1H3,(H2,27,29,30);1H. The highest BCUT2D eigenvalue weighted by Crippen LogP contribution is 2.38. The topological polar surface area (TPSA) is 81.4 Å². The Hall–Kier alpha value is -1.74. The molecule has 2 aromatic carbocycles. The van der Waals surface area contributed by atoms with E-state index in [2.05, 4.69) is 5.32 Å². The minimum atomic E-state index is -3.58. The van der Waals surface area contributed by atoms with Gasteiger partial charge in [0.2, 0.25) is 10.0 Å². The molecule has 1 fully saturated rings. The molecule has 1 saturated carbocycles. The van der Waals surface area contributed by atoms with Crippen LogP contribution in [-0.4, -0.2) is 33.4 Å². The number of halogens is 3. The van der Waals surface area contributed by atoms with Crippen molar-refractivity contribution in [3.8, 4) is 5.75 Å². The van der Waals surface area contributed by atoms with Crippen molar-refractivity contribution in [1.82, 2.24) is 5.32 Å². The molecule has 3 atom stereocenters. The van der Waals surface area contributed by atoms with Crippen molar-refractivity contribution in [2.75, 3.05) is 13.7 Å². The average Bonchev–Trinajstić information content (AvgIpc) is 3.54. The summed E-state index contributed by atoms with van der Waals surface area (Å²) in [6.45, 7) is 0.269. The summed E-state index contributed by atoms with van der Waals surface area (Å²) in [5.41, 5.74) is 2.92. The molecule has 2 aliphatic carbocycles. The summed E-state index contributed by atoms with van der Waals surface area (Å²) in [5.74, 6) is -0.301. The summed E-state index contributed by atoms with van der Waals surface area (Å²) in [5, 5.41) is 8.19. The normalized spacial score (nSPS) is 21.1. The molecule has 3 N–H and O–H groups in total. The highest BCUT2D eigenvalue weighted by Gasteiger charge is 2.38. The Balaban J connectivity index is 0.00000306. The number of hydrogen-bond acceptors (Lipinski definition) is 4. The molecule has 0 radical (unpaired) electrons. The molecule has 0 aliphatic heterocycles. The number of likely N-dealkylation sites (N-methyl/N-ethyl adjacent to an activating group) is 1. The summed E-state index contributed by atoms with van der Waals surface area (Å²) >= 11 is 0. The van der Waals surface area contributed by atoms with Gasteiger partial charge in [0.25, 0.3) is 0 Å². The summed E-state index contributed by atoms with van der Waals surface area (Å²) in [6.07, 6.45) is 4.51. The van der Waals surface area contributed by atoms with Crippen molar-refractivity contribution in [3.63, 3.8) is 0 Å². The van der Waals surface area contributed by atoms with Gasteiger partial charge in [-0.15, -0.1) is 12.4 Å². The van der Waals surface area contributed by atoms with E-state index in [9.17, 15) is 17.2 Å². The number of nitrogens with two attached hydrogens (primary N) is 1. The van der Waals surface area contributed by atoms with E-state index in [1.165, 1.54) is 17.7 Å². The van der Waals surface area contributed by atoms with Gasteiger partial charge in [-0.2, -0.15) is 0 Å².